The van der Waals surface area contributed by atoms with Crippen LogP contribution in [0.15, 0.2) is 60.8 Å². The monoisotopic (exact) mass is 376 g/mol. The molecule has 1 amide bonds. The average molecular weight is 376 g/mol. The van der Waals surface area contributed by atoms with Crippen LogP contribution >= 0.6 is 0 Å². The molecule has 28 heavy (non-hydrogen) atoms. The van der Waals surface area contributed by atoms with Crippen LogP contribution in [0, 0.1) is 16.0 Å². The van der Waals surface area contributed by atoms with Crippen LogP contribution < -0.4 is 10.2 Å². The summed E-state index contributed by atoms with van der Waals surface area (Å²) in [5.74, 6) is -0.0966. The van der Waals surface area contributed by atoms with Crippen LogP contribution in [0.25, 0.3) is 10.9 Å². The second-order valence-electron chi connectivity index (χ2n) is 6.88. The minimum atomic E-state index is -0.340. The maximum atomic E-state index is 12.5. The summed E-state index contributed by atoms with van der Waals surface area (Å²) in [7, 11) is 0. The Balaban J connectivity index is 1.50. The predicted octanol–water partition coefficient (Wildman–Crippen LogP) is 4.00. The van der Waals surface area contributed by atoms with Gasteiger partial charge in [-0.05, 0) is 49.2 Å². The van der Waals surface area contributed by atoms with Gasteiger partial charge < -0.3 is 10.2 Å². The molecule has 0 bridgehead atoms. The number of para-hydroxylation sites is 1. The van der Waals surface area contributed by atoms with Gasteiger partial charge in [-0.15, -0.1) is 0 Å². The number of benzene rings is 2. The molecule has 7 heteroatoms. The minimum Gasteiger partial charge on any atom is -0.366 e. The lowest BCUT2D eigenvalue weighted by atomic mass is 9.95. The highest BCUT2D eigenvalue weighted by atomic mass is 16.6. The molecule has 7 nitrogen and oxygen atoms in total. The summed E-state index contributed by atoms with van der Waals surface area (Å²) in [5, 5.41) is 15.2. The summed E-state index contributed by atoms with van der Waals surface area (Å²) in [6.45, 7) is 1.19. The lowest BCUT2D eigenvalue weighted by molar-refractivity contribution is -0.382. The zero-order valence-electron chi connectivity index (χ0n) is 15.2. The largest absolute Gasteiger partial charge is 0.366 e. The predicted molar refractivity (Wildman–Crippen MR) is 108 cm³/mol. The van der Waals surface area contributed by atoms with Gasteiger partial charge in [-0.3, -0.25) is 19.9 Å². The first-order chi connectivity index (χ1) is 13.6. The first-order valence-corrected chi connectivity index (χ1v) is 9.26. The van der Waals surface area contributed by atoms with Gasteiger partial charge in [0.05, 0.1) is 15.8 Å². The molecule has 142 valence electrons. The number of nitrogens with zero attached hydrogens (tertiary/aromatic N) is 3. The van der Waals surface area contributed by atoms with Gasteiger partial charge in [0.15, 0.2) is 0 Å². The molecule has 2 heterocycles. The number of piperidine rings is 1. The normalized spacial score (nSPS) is 14.8. The number of nitro benzene ring substituents is 1. The zero-order valence-corrected chi connectivity index (χ0v) is 15.2. The smallest absolute Gasteiger partial charge is 0.301 e. The summed E-state index contributed by atoms with van der Waals surface area (Å²) in [6.07, 6.45) is 2.93. The quantitative estimate of drug-likeness (QED) is 0.549. The van der Waals surface area contributed by atoms with Gasteiger partial charge >= 0.3 is 5.69 Å². The van der Waals surface area contributed by atoms with Crippen LogP contribution in [0.2, 0.25) is 0 Å². The molecule has 1 aliphatic rings. The van der Waals surface area contributed by atoms with Crippen molar-refractivity contribution in [2.75, 3.05) is 23.3 Å². The number of carbonyl (C=O) groups excluding carboxylic acids is 1. The fourth-order valence-corrected chi connectivity index (χ4v) is 3.72. The summed E-state index contributed by atoms with van der Waals surface area (Å²) in [4.78, 5) is 30.1. The number of rotatable bonds is 4. The van der Waals surface area contributed by atoms with Gasteiger partial charge in [0, 0.05) is 30.9 Å². The van der Waals surface area contributed by atoms with E-state index in [1.54, 1.807) is 24.4 Å². The number of hydrogen-bond donors (Lipinski definition) is 1. The number of anilines is 2. The lowest BCUT2D eigenvalue weighted by Gasteiger charge is -2.32. The van der Waals surface area contributed by atoms with E-state index in [1.165, 1.54) is 0 Å². The molecular formula is C21H20N4O3. The molecule has 3 aromatic rings. The summed E-state index contributed by atoms with van der Waals surface area (Å²) in [6, 6.07) is 16.4. The standard InChI is InChI=1S/C21H20N4O3/c26-21(23-16-5-2-1-3-6-16)15-10-13-24(14-11-15)19-9-8-18-17(7-4-12-22-18)20(19)25(27)28/h1-9,12,15H,10-11,13-14H2,(H,23,26). The van der Waals surface area contributed by atoms with Gasteiger partial charge in [0.2, 0.25) is 5.91 Å². The van der Waals surface area contributed by atoms with Crippen LogP contribution in [0.3, 0.4) is 0 Å². The van der Waals surface area contributed by atoms with E-state index in [9.17, 15) is 14.9 Å². The van der Waals surface area contributed by atoms with Crippen LogP contribution in [0.4, 0.5) is 17.1 Å². The highest BCUT2D eigenvalue weighted by molar-refractivity contribution is 5.95. The fraction of sp³-hybridized carbons (Fsp3) is 0.238. The maximum absolute atomic E-state index is 12.5. The van der Waals surface area contributed by atoms with Crippen molar-refractivity contribution in [2.45, 2.75) is 12.8 Å². The molecule has 1 saturated heterocycles. The summed E-state index contributed by atoms with van der Waals surface area (Å²) < 4.78 is 0. The molecule has 2 aromatic carbocycles. The Kier molecular flexibility index (Phi) is 4.89. The Morgan fingerprint density at radius 2 is 1.82 bits per heavy atom. The topological polar surface area (TPSA) is 88.4 Å². The second kappa shape index (κ2) is 7.64. The van der Waals surface area contributed by atoms with E-state index >= 15 is 0 Å². The van der Waals surface area contributed by atoms with E-state index in [0.29, 0.717) is 42.5 Å². The molecule has 0 atom stereocenters. The maximum Gasteiger partial charge on any atom is 0.301 e. The van der Waals surface area contributed by atoms with Crippen molar-refractivity contribution in [1.29, 1.82) is 0 Å². The van der Waals surface area contributed by atoms with Gasteiger partial charge in [-0.1, -0.05) is 18.2 Å². The number of nitro groups is 1. The van der Waals surface area contributed by atoms with Gasteiger partial charge in [-0.25, -0.2) is 0 Å². The third-order valence-electron chi connectivity index (χ3n) is 5.17. The molecule has 4 rings (SSSR count). The lowest BCUT2D eigenvalue weighted by Crippen LogP contribution is -2.38. The molecule has 0 spiro atoms. The third kappa shape index (κ3) is 3.51. The molecule has 0 radical (unpaired) electrons. The van der Waals surface area contributed by atoms with E-state index in [-0.39, 0.29) is 22.4 Å². The SMILES string of the molecule is O=C(Nc1ccccc1)C1CCN(c2ccc3ncccc3c2[N+](=O)[O-])CC1. The Bertz CT molecular complexity index is 1010. The van der Waals surface area contributed by atoms with Gasteiger partial charge in [-0.2, -0.15) is 0 Å². The van der Waals surface area contributed by atoms with E-state index in [4.69, 9.17) is 0 Å². The third-order valence-corrected chi connectivity index (χ3v) is 5.17. The first kappa shape index (κ1) is 17.9. The number of fused-ring (bicyclic) bond motifs is 1. The zero-order chi connectivity index (χ0) is 19.5. The van der Waals surface area contributed by atoms with E-state index < -0.39 is 0 Å². The number of aromatic nitrogens is 1. The molecule has 1 fully saturated rings. The van der Waals surface area contributed by atoms with Crippen molar-refractivity contribution in [3.8, 4) is 0 Å². The highest BCUT2D eigenvalue weighted by Crippen LogP contribution is 2.37. The Morgan fingerprint density at radius 3 is 2.54 bits per heavy atom. The van der Waals surface area contributed by atoms with Crippen LogP contribution in [0.1, 0.15) is 12.8 Å². The molecule has 0 aliphatic carbocycles. The van der Waals surface area contributed by atoms with Crippen molar-refractivity contribution >= 4 is 33.9 Å². The molecule has 0 unspecified atom stereocenters. The number of amides is 1. The minimum absolute atomic E-state index is 0.00283. The molecule has 0 saturated carbocycles. The van der Waals surface area contributed by atoms with Gasteiger partial charge in [0.1, 0.15) is 5.69 Å². The van der Waals surface area contributed by atoms with Crippen molar-refractivity contribution in [2.24, 2.45) is 5.92 Å². The van der Waals surface area contributed by atoms with Crippen LogP contribution in [0.5, 0.6) is 0 Å². The Morgan fingerprint density at radius 1 is 1.07 bits per heavy atom. The summed E-state index contributed by atoms with van der Waals surface area (Å²) >= 11 is 0. The molecular weight excluding hydrogens is 356 g/mol. The van der Waals surface area contributed by atoms with Crippen molar-refractivity contribution in [1.82, 2.24) is 4.98 Å². The number of hydrogen-bond acceptors (Lipinski definition) is 5. The molecule has 1 N–H and O–H groups in total. The highest BCUT2D eigenvalue weighted by Gasteiger charge is 2.29. The van der Waals surface area contributed by atoms with E-state index in [0.717, 1.165) is 5.69 Å². The van der Waals surface area contributed by atoms with Crippen molar-refractivity contribution in [3.05, 3.63) is 70.9 Å². The Labute approximate surface area is 162 Å². The average Bonchev–Trinajstić information content (AvgIpc) is 2.73. The van der Waals surface area contributed by atoms with Gasteiger partial charge in [0.25, 0.3) is 0 Å². The molecule has 1 aliphatic heterocycles. The van der Waals surface area contributed by atoms with E-state index in [2.05, 4.69) is 10.3 Å². The first-order valence-electron chi connectivity index (χ1n) is 9.26. The number of nitrogens with one attached hydrogen (secondary N) is 1. The molecule has 1 aromatic heterocycles. The van der Waals surface area contributed by atoms with Crippen LogP contribution in [-0.4, -0.2) is 28.9 Å². The fourth-order valence-electron chi connectivity index (χ4n) is 3.72. The van der Waals surface area contributed by atoms with Crippen molar-refractivity contribution < 1.29 is 9.72 Å². The number of carbonyl (C=O) groups is 1. The second-order valence-corrected chi connectivity index (χ2v) is 6.88. The van der Waals surface area contributed by atoms with Crippen molar-refractivity contribution in [3.63, 3.8) is 0 Å². The summed E-state index contributed by atoms with van der Waals surface area (Å²) in [5.41, 5.74) is 2.06. The van der Waals surface area contributed by atoms with Crippen LogP contribution in [-0.2, 0) is 4.79 Å². The van der Waals surface area contributed by atoms with E-state index in [1.807, 2.05) is 41.3 Å². The Hall–Kier alpha value is -3.48. The number of pyridine rings is 1.